The second-order valence-corrected chi connectivity index (χ2v) is 5.74. The lowest BCUT2D eigenvalue weighted by molar-refractivity contribution is -0.153. The monoisotopic (exact) mass is 261 g/mol. The van der Waals surface area contributed by atoms with E-state index in [1.807, 2.05) is 51.1 Å². The van der Waals surface area contributed by atoms with Gasteiger partial charge in [0.15, 0.2) is 6.40 Å². The highest BCUT2D eigenvalue weighted by atomic mass is 16.5. The molecule has 0 aliphatic carbocycles. The van der Waals surface area contributed by atoms with E-state index in [4.69, 9.17) is 9.47 Å². The first-order chi connectivity index (χ1) is 8.93. The summed E-state index contributed by atoms with van der Waals surface area (Å²) in [5, 5.41) is 0. The van der Waals surface area contributed by atoms with Crippen LogP contribution in [0.25, 0.3) is 0 Å². The molecule has 1 aromatic carbocycles. The van der Waals surface area contributed by atoms with Crippen LogP contribution in [-0.4, -0.2) is 25.6 Å². The van der Waals surface area contributed by atoms with E-state index in [0.29, 0.717) is 0 Å². The Morgan fingerprint density at radius 3 is 2.47 bits per heavy atom. The standard InChI is InChI=1S/C15H19NO3/c1-14(2,3)12-15(13(17)18-4,16-10-19-12)11-8-6-5-7-9-11/h5-10,12H,1-4H3. The maximum Gasteiger partial charge on any atom is 0.342 e. The third-order valence-electron chi connectivity index (χ3n) is 3.33. The molecule has 1 aliphatic heterocycles. The van der Waals surface area contributed by atoms with Crippen LogP contribution in [0.15, 0.2) is 35.3 Å². The number of aliphatic imine (C=N–C) groups is 1. The molecule has 0 amide bonds. The summed E-state index contributed by atoms with van der Waals surface area (Å²) in [6, 6.07) is 9.42. The Bertz CT molecular complexity index is 490. The van der Waals surface area contributed by atoms with Crippen LogP contribution in [0.4, 0.5) is 0 Å². The van der Waals surface area contributed by atoms with Crippen molar-refractivity contribution in [3.63, 3.8) is 0 Å². The second-order valence-electron chi connectivity index (χ2n) is 5.74. The van der Waals surface area contributed by atoms with Gasteiger partial charge in [-0.25, -0.2) is 9.79 Å². The molecule has 0 spiro atoms. The molecule has 2 rings (SSSR count). The van der Waals surface area contributed by atoms with E-state index < -0.39 is 17.6 Å². The number of esters is 1. The predicted octanol–water partition coefficient (Wildman–Crippen LogP) is 2.53. The third-order valence-corrected chi connectivity index (χ3v) is 3.33. The number of nitrogens with zero attached hydrogens (tertiary/aromatic N) is 1. The van der Waals surface area contributed by atoms with E-state index >= 15 is 0 Å². The minimum Gasteiger partial charge on any atom is -0.476 e. The molecule has 0 radical (unpaired) electrons. The molecule has 1 heterocycles. The van der Waals surface area contributed by atoms with Crippen molar-refractivity contribution < 1.29 is 14.3 Å². The van der Waals surface area contributed by atoms with Gasteiger partial charge in [0.1, 0.15) is 6.10 Å². The average molecular weight is 261 g/mol. The highest BCUT2D eigenvalue weighted by Crippen LogP contribution is 2.43. The SMILES string of the molecule is COC(=O)C1(c2ccccc2)N=COC1C(C)(C)C. The summed E-state index contributed by atoms with van der Waals surface area (Å²) in [5.74, 6) is -0.396. The van der Waals surface area contributed by atoms with Crippen LogP contribution in [0.3, 0.4) is 0 Å². The molecule has 2 unspecified atom stereocenters. The van der Waals surface area contributed by atoms with Crippen LogP contribution in [0.1, 0.15) is 26.3 Å². The average Bonchev–Trinajstić information content (AvgIpc) is 2.84. The molecule has 0 fully saturated rings. The summed E-state index contributed by atoms with van der Waals surface area (Å²) < 4.78 is 10.6. The van der Waals surface area contributed by atoms with Gasteiger partial charge >= 0.3 is 5.97 Å². The minimum absolute atomic E-state index is 0.249. The zero-order chi connectivity index (χ0) is 14.1. The summed E-state index contributed by atoms with van der Waals surface area (Å²) in [4.78, 5) is 16.7. The fourth-order valence-corrected chi connectivity index (χ4v) is 2.52. The fraction of sp³-hybridized carbons (Fsp3) is 0.467. The Morgan fingerprint density at radius 2 is 1.95 bits per heavy atom. The van der Waals surface area contributed by atoms with Crippen molar-refractivity contribution in [2.45, 2.75) is 32.4 Å². The highest BCUT2D eigenvalue weighted by Gasteiger charge is 2.56. The van der Waals surface area contributed by atoms with E-state index in [1.54, 1.807) is 0 Å². The number of hydrogen-bond acceptors (Lipinski definition) is 4. The van der Waals surface area contributed by atoms with Crippen molar-refractivity contribution in [1.29, 1.82) is 0 Å². The smallest absolute Gasteiger partial charge is 0.342 e. The first-order valence-electron chi connectivity index (χ1n) is 6.26. The Balaban J connectivity index is 2.59. The van der Waals surface area contributed by atoms with E-state index in [9.17, 15) is 4.79 Å². The number of carbonyl (C=O) groups excluding carboxylic acids is 1. The molecule has 4 nitrogen and oxygen atoms in total. The first kappa shape index (κ1) is 13.6. The van der Waals surface area contributed by atoms with Gasteiger partial charge in [-0.3, -0.25) is 0 Å². The van der Waals surface area contributed by atoms with E-state index in [1.165, 1.54) is 13.5 Å². The molecule has 0 N–H and O–H groups in total. The fourth-order valence-electron chi connectivity index (χ4n) is 2.52. The van der Waals surface area contributed by atoms with Gasteiger partial charge in [0, 0.05) is 5.41 Å². The van der Waals surface area contributed by atoms with Crippen LogP contribution in [0.2, 0.25) is 0 Å². The first-order valence-corrected chi connectivity index (χ1v) is 6.26. The normalized spacial score (nSPS) is 26.0. The summed E-state index contributed by atoms with van der Waals surface area (Å²) in [6.07, 6.45) is 0.967. The van der Waals surface area contributed by atoms with Crippen molar-refractivity contribution in [3.8, 4) is 0 Å². The summed E-state index contributed by atoms with van der Waals surface area (Å²) in [6.45, 7) is 6.06. The van der Waals surface area contributed by atoms with Gasteiger partial charge in [-0.05, 0) is 5.56 Å². The van der Waals surface area contributed by atoms with Crippen LogP contribution < -0.4 is 0 Å². The van der Waals surface area contributed by atoms with Crippen LogP contribution in [0.5, 0.6) is 0 Å². The second kappa shape index (κ2) is 4.68. The molecule has 4 heteroatoms. The number of carbonyl (C=O) groups is 1. The molecular weight excluding hydrogens is 242 g/mol. The maximum absolute atomic E-state index is 12.4. The van der Waals surface area contributed by atoms with Gasteiger partial charge in [0.05, 0.1) is 7.11 Å². The molecule has 0 aromatic heterocycles. The molecule has 0 bridgehead atoms. The third kappa shape index (κ3) is 2.11. The molecule has 0 saturated carbocycles. The number of methoxy groups -OCH3 is 1. The number of benzene rings is 1. The van der Waals surface area contributed by atoms with Gasteiger partial charge in [0.25, 0.3) is 0 Å². The Hall–Kier alpha value is -1.84. The van der Waals surface area contributed by atoms with Gasteiger partial charge in [-0.15, -0.1) is 0 Å². The van der Waals surface area contributed by atoms with Crippen molar-refractivity contribution in [2.24, 2.45) is 10.4 Å². The van der Waals surface area contributed by atoms with Crippen molar-refractivity contribution in [3.05, 3.63) is 35.9 Å². The lowest BCUT2D eigenvalue weighted by Crippen LogP contribution is -2.50. The van der Waals surface area contributed by atoms with Crippen LogP contribution in [0, 0.1) is 5.41 Å². The molecule has 1 aliphatic rings. The Morgan fingerprint density at radius 1 is 1.32 bits per heavy atom. The van der Waals surface area contributed by atoms with E-state index in [2.05, 4.69) is 4.99 Å². The quantitative estimate of drug-likeness (QED) is 0.769. The van der Waals surface area contributed by atoms with Crippen molar-refractivity contribution in [1.82, 2.24) is 0 Å². The van der Waals surface area contributed by atoms with E-state index in [-0.39, 0.29) is 5.41 Å². The number of rotatable bonds is 2. The van der Waals surface area contributed by atoms with Crippen molar-refractivity contribution >= 4 is 12.4 Å². The lowest BCUT2D eigenvalue weighted by Gasteiger charge is -2.37. The zero-order valence-corrected chi connectivity index (χ0v) is 11.7. The number of hydrogen-bond donors (Lipinski definition) is 0. The van der Waals surface area contributed by atoms with Gasteiger partial charge in [0.2, 0.25) is 5.54 Å². The maximum atomic E-state index is 12.4. The molecule has 1 aromatic rings. The molecule has 2 atom stereocenters. The van der Waals surface area contributed by atoms with Crippen LogP contribution in [-0.2, 0) is 19.8 Å². The lowest BCUT2D eigenvalue weighted by atomic mass is 9.73. The number of ether oxygens (including phenoxy) is 2. The highest BCUT2D eigenvalue weighted by molar-refractivity contribution is 5.86. The van der Waals surface area contributed by atoms with Gasteiger partial charge < -0.3 is 9.47 Å². The summed E-state index contributed by atoms with van der Waals surface area (Å²) in [7, 11) is 1.38. The molecular formula is C15H19NO3. The summed E-state index contributed by atoms with van der Waals surface area (Å²) >= 11 is 0. The topological polar surface area (TPSA) is 47.9 Å². The Kier molecular flexibility index (Phi) is 3.35. The van der Waals surface area contributed by atoms with Crippen LogP contribution >= 0.6 is 0 Å². The van der Waals surface area contributed by atoms with Gasteiger partial charge in [-0.2, -0.15) is 0 Å². The summed E-state index contributed by atoms with van der Waals surface area (Å²) in [5.41, 5.74) is -0.579. The minimum atomic E-state index is -1.12. The van der Waals surface area contributed by atoms with Crippen molar-refractivity contribution in [2.75, 3.05) is 7.11 Å². The Labute approximate surface area is 113 Å². The predicted molar refractivity (Wildman–Crippen MR) is 73.0 cm³/mol. The largest absolute Gasteiger partial charge is 0.476 e. The molecule has 102 valence electrons. The van der Waals surface area contributed by atoms with Gasteiger partial charge in [-0.1, -0.05) is 51.1 Å². The molecule has 0 saturated heterocycles. The molecule has 19 heavy (non-hydrogen) atoms. The van der Waals surface area contributed by atoms with E-state index in [0.717, 1.165) is 5.56 Å². The zero-order valence-electron chi connectivity index (χ0n) is 11.7.